The Kier molecular flexibility index (Phi) is 3.27. The second kappa shape index (κ2) is 5.09. The summed E-state index contributed by atoms with van der Waals surface area (Å²) in [5.41, 5.74) is 2.00. The van der Waals surface area contributed by atoms with E-state index < -0.39 is 0 Å². The Morgan fingerprint density at radius 1 is 1.30 bits per heavy atom. The number of thioether (sulfide) groups is 1. The van der Waals surface area contributed by atoms with Gasteiger partial charge in [0.25, 0.3) is 0 Å². The predicted molar refractivity (Wildman–Crippen MR) is 76.8 cm³/mol. The monoisotopic (exact) mass is 288 g/mol. The molecule has 1 aliphatic rings. The molecule has 1 N–H and O–H groups in total. The number of hydrogen-bond donors (Lipinski definition) is 1. The molecule has 1 atom stereocenters. The maximum Gasteiger partial charge on any atom is 0.345 e. The van der Waals surface area contributed by atoms with E-state index in [-0.39, 0.29) is 17.2 Å². The highest BCUT2D eigenvalue weighted by molar-refractivity contribution is 8.15. The van der Waals surface area contributed by atoms with E-state index in [0.717, 1.165) is 11.1 Å². The minimum Gasteiger partial charge on any atom is -0.402 e. The Morgan fingerprint density at radius 3 is 2.70 bits per heavy atom. The number of amides is 1. The number of nitrogens with zero attached hydrogens (tertiary/aromatic N) is 3. The van der Waals surface area contributed by atoms with Crippen molar-refractivity contribution in [3.05, 3.63) is 29.8 Å². The minimum atomic E-state index is -0.145. The molecule has 1 aromatic heterocycles. The van der Waals surface area contributed by atoms with Gasteiger partial charge >= 0.3 is 6.01 Å². The van der Waals surface area contributed by atoms with Crippen molar-refractivity contribution in [2.75, 3.05) is 0 Å². The zero-order valence-corrected chi connectivity index (χ0v) is 11.8. The fourth-order valence-corrected chi connectivity index (χ4v) is 2.46. The highest BCUT2D eigenvalue weighted by Crippen LogP contribution is 2.24. The number of hydrogen-bond acceptors (Lipinski definition) is 6. The fraction of sp³-hybridized carbons (Fsp3) is 0.231. The summed E-state index contributed by atoms with van der Waals surface area (Å²) in [4.78, 5) is 15.5. The average molecular weight is 288 g/mol. The molecule has 0 radical (unpaired) electrons. The van der Waals surface area contributed by atoms with Crippen LogP contribution in [0.3, 0.4) is 0 Å². The molecule has 0 spiro atoms. The Balaban J connectivity index is 1.82. The van der Waals surface area contributed by atoms with Gasteiger partial charge in [0.2, 0.25) is 11.8 Å². The molecule has 2 aromatic rings. The van der Waals surface area contributed by atoms with E-state index >= 15 is 0 Å². The largest absolute Gasteiger partial charge is 0.402 e. The molecule has 1 aromatic carbocycles. The first-order chi connectivity index (χ1) is 9.61. The first-order valence-electron chi connectivity index (χ1n) is 6.08. The highest BCUT2D eigenvalue weighted by Gasteiger charge is 2.26. The zero-order chi connectivity index (χ0) is 14.1. The van der Waals surface area contributed by atoms with Gasteiger partial charge in [-0.3, -0.25) is 4.79 Å². The number of aromatic nitrogens is 2. The van der Waals surface area contributed by atoms with Gasteiger partial charge in [-0.05, 0) is 26.0 Å². The van der Waals surface area contributed by atoms with Crippen LogP contribution in [0, 0.1) is 6.92 Å². The molecule has 7 heteroatoms. The van der Waals surface area contributed by atoms with Crippen molar-refractivity contribution in [1.82, 2.24) is 15.5 Å². The van der Waals surface area contributed by atoms with Crippen molar-refractivity contribution < 1.29 is 9.21 Å². The third-order valence-electron chi connectivity index (χ3n) is 2.80. The smallest absolute Gasteiger partial charge is 0.345 e. The number of benzene rings is 1. The standard InChI is InChI=1S/C13H12N4O2S/c1-7-3-5-9(6-4-7)11-16-17-12(19-11)15-13-14-10(18)8(2)20-13/h3-6,8H,1-2H3,(H,14,15,17,18). The van der Waals surface area contributed by atoms with Crippen molar-refractivity contribution in [3.8, 4) is 11.5 Å². The Morgan fingerprint density at radius 2 is 2.05 bits per heavy atom. The quantitative estimate of drug-likeness (QED) is 0.917. The second-order valence-electron chi connectivity index (χ2n) is 4.42. The lowest BCUT2D eigenvalue weighted by Gasteiger charge is -1.94. The van der Waals surface area contributed by atoms with E-state index in [1.807, 2.05) is 38.1 Å². The number of carbonyl (C=O) groups excluding carboxylic acids is 1. The average Bonchev–Trinajstić information content (AvgIpc) is 2.99. The summed E-state index contributed by atoms with van der Waals surface area (Å²) >= 11 is 1.34. The molecule has 1 aliphatic heterocycles. The summed E-state index contributed by atoms with van der Waals surface area (Å²) in [7, 11) is 0. The topological polar surface area (TPSA) is 80.4 Å². The van der Waals surface area contributed by atoms with Gasteiger partial charge in [-0.15, -0.1) is 5.10 Å². The molecular weight excluding hydrogens is 276 g/mol. The van der Waals surface area contributed by atoms with Crippen LogP contribution in [0.4, 0.5) is 6.01 Å². The molecule has 0 bridgehead atoms. The lowest BCUT2D eigenvalue weighted by molar-refractivity contribution is -0.118. The molecule has 6 nitrogen and oxygen atoms in total. The van der Waals surface area contributed by atoms with Crippen molar-refractivity contribution in [2.45, 2.75) is 19.1 Å². The molecule has 20 heavy (non-hydrogen) atoms. The lowest BCUT2D eigenvalue weighted by atomic mass is 10.1. The van der Waals surface area contributed by atoms with Gasteiger partial charge in [-0.25, -0.2) is 0 Å². The van der Waals surface area contributed by atoms with Crippen molar-refractivity contribution >= 4 is 28.9 Å². The van der Waals surface area contributed by atoms with Gasteiger partial charge in [0.15, 0.2) is 5.17 Å². The zero-order valence-electron chi connectivity index (χ0n) is 11.0. The molecule has 102 valence electrons. The molecule has 3 rings (SSSR count). The third kappa shape index (κ3) is 2.57. The van der Waals surface area contributed by atoms with E-state index in [4.69, 9.17) is 4.42 Å². The van der Waals surface area contributed by atoms with Crippen LogP contribution in [0.2, 0.25) is 0 Å². The Labute approximate surface area is 119 Å². The van der Waals surface area contributed by atoms with Crippen LogP contribution in [-0.4, -0.2) is 26.5 Å². The van der Waals surface area contributed by atoms with Crippen LogP contribution in [0.1, 0.15) is 12.5 Å². The lowest BCUT2D eigenvalue weighted by Crippen LogP contribution is -2.23. The van der Waals surface area contributed by atoms with Crippen LogP contribution in [0.5, 0.6) is 0 Å². The van der Waals surface area contributed by atoms with Crippen molar-refractivity contribution in [2.24, 2.45) is 4.99 Å². The maximum atomic E-state index is 11.4. The van der Waals surface area contributed by atoms with Gasteiger partial charge in [0.1, 0.15) is 0 Å². The Bertz CT molecular complexity index is 678. The minimum absolute atomic E-state index is 0.0629. The second-order valence-corrected chi connectivity index (χ2v) is 5.75. The summed E-state index contributed by atoms with van der Waals surface area (Å²) in [6.07, 6.45) is 0. The van der Waals surface area contributed by atoms with Crippen LogP contribution in [-0.2, 0) is 4.79 Å². The van der Waals surface area contributed by atoms with E-state index in [2.05, 4.69) is 20.5 Å². The van der Waals surface area contributed by atoms with E-state index in [1.165, 1.54) is 11.8 Å². The summed E-state index contributed by atoms with van der Waals surface area (Å²) in [6, 6.07) is 7.90. The molecule has 2 heterocycles. The number of carbonyl (C=O) groups is 1. The van der Waals surface area contributed by atoms with E-state index in [0.29, 0.717) is 11.1 Å². The molecule has 1 amide bonds. The van der Waals surface area contributed by atoms with E-state index in [1.54, 1.807) is 0 Å². The summed E-state index contributed by atoms with van der Waals surface area (Å²) < 4.78 is 5.47. The Hall–Kier alpha value is -2.15. The van der Waals surface area contributed by atoms with Crippen molar-refractivity contribution in [1.29, 1.82) is 0 Å². The number of rotatable bonds is 2. The van der Waals surface area contributed by atoms with Gasteiger partial charge in [-0.2, -0.15) is 4.99 Å². The van der Waals surface area contributed by atoms with Crippen LogP contribution >= 0.6 is 11.8 Å². The number of nitrogens with one attached hydrogen (secondary N) is 1. The maximum absolute atomic E-state index is 11.4. The van der Waals surface area contributed by atoms with Crippen LogP contribution < -0.4 is 5.32 Å². The molecule has 0 saturated carbocycles. The van der Waals surface area contributed by atoms with E-state index in [9.17, 15) is 4.79 Å². The van der Waals surface area contributed by atoms with Crippen LogP contribution in [0.15, 0.2) is 33.7 Å². The third-order valence-corrected chi connectivity index (χ3v) is 3.78. The summed E-state index contributed by atoms with van der Waals surface area (Å²) in [5, 5.41) is 10.8. The normalized spacial score (nSPS) is 20.4. The predicted octanol–water partition coefficient (Wildman–Crippen LogP) is 2.28. The highest BCUT2D eigenvalue weighted by atomic mass is 32.2. The van der Waals surface area contributed by atoms with Gasteiger partial charge in [0, 0.05) is 5.56 Å². The van der Waals surface area contributed by atoms with Gasteiger partial charge < -0.3 is 9.73 Å². The summed E-state index contributed by atoms with van der Waals surface area (Å²) in [5.74, 6) is 0.346. The van der Waals surface area contributed by atoms with Gasteiger partial charge in [-0.1, -0.05) is 34.6 Å². The fourth-order valence-electron chi connectivity index (χ4n) is 1.67. The molecule has 1 saturated heterocycles. The SMILES string of the molecule is Cc1ccc(-c2nnc(/N=C3/NC(=O)C(C)S3)o2)cc1. The number of aryl methyl sites for hydroxylation is 1. The molecule has 1 unspecified atom stereocenters. The first kappa shape index (κ1) is 12.9. The molecule has 0 aliphatic carbocycles. The number of aliphatic imine (C=N–C) groups is 1. The molecule has 1 fully saturated rings. The van der Waals surface area contributed by atoms with Gasteiger partial charge in [0.05, 0.1) is 5.25 Å². The summed E-state index contributed by atoms with van der Waals surface area (Å²) in [6.45, 7) is 3.82. The first-order valence-corrected chi connectivity index (χ1v) is 6.96. The number of amidine groups is 1. The van der Waals surface area contributed by atoms with Crippen molar-refractivity contribution in [3.63, 3.8) is 0 Å². The molecular formula is C13H12N4O2S. The van der Waals surface area contributed by atoms with Crippen LogP contribution in [0.25, 0.3) is 11.5 Å².